The van der Waals surface area contributed by atoms with E-state index in [0.29, 0.717) is 57.3 Å². The zero-order chi connectivity index (χ0) is 51.3. The van der Waals surface area contributed by atoms with Crippen LogP contribution < -0.4 is 32.6 Å². The van der Waals surface area contributed by atoms with Crippen molar-refractivity contribution >= 4 is 48.5 Å². The monoisotopic (exact) mass is 987 g/mol. The van der Waals surface area contributed by atoms with Crippen molar-refractivity contribution in [1.29, 1.82) is 0 Å². The molecule has 5 aromatic rings. The molecule has 14 heteroatoms. The van der Waals surface area contributed by atoms with Crippen LogP contribution in [0.1, 0.15) is 140 Å². The van der Waals surface area contributed by atoms with Crippen LogP contribution in [0.3, 0.4) is 0 Å². The number of phenolic OH excluding ortho intramolecular Hbond substituents is 1. The topological polar surface area (TPSA) is 197 Å². The first-order valence-electron chi connectivity index (χ1n) is 25.5. The number of nitrogens with one attached hydrogen (secondary N) is 5. The van der Waals surface area contributed by atoms with Crippen LogP contribution in [0.5, 0.6) is 5.75 Å². The number of carbonyl (C=O) groups is 3. The van der Waals surface area contributed by atoms with E-state index in [2.05, 4.69) is 84.4 Å². The summed E-state index contributed by atoms with van der Waals surface area (Å²) in [6.07, 6.45) is 7.29. The molecule has 8 N–H and O–H groups in total. The van der Waals surface area contributed by atoms with E-state index < -0.39 is 20.0 Å². The number of aryl methyl sites for hydroxylation is 1. The normalized spacial score (nSPS) is 15.8. The number of aromatic nitrogens is 1. The average Bonchev–Trinajstić information content (AvgIpc) is 3.30. The summed E-state index contributed by atoms with van der Waals surface area (Å²) in [6, 6.07) is 29.0. The van der Waals surface area contributed by atoms with Gasteiger partial charge in [0.15, 0.2) is 8.32 Å². The lowest BCUT2D eigenvalue weighted by Crippen LogP contribution is -2.43. The number of unbranched alkanes of at least 4 members (excludes halogenated alkanes) is 2. The molecule has 1 saturated carbocycles. The molecule has 1 atom stereocenters. The summed E-state index contributed by atoms with van der Waals surface area (Å²) in [5, 5.41) is 24.1. The molecule has 382 valence electrons. The van der Waals surface area contributed by atoms with E-state index in [9.17, 15) is 24.3 Å². The maximum Gasteiger partial charge on any atom is 0.412 e. The number of nitrogens with two attached hydrogens (primary N) is 1. The van der Waals surface area contributed by atoms with Gasteiger partial charge >= 0.3 is 6.09 Å². The van der Waals surface area contributed by atoms with Crippen molar-refractivity contribution in [1.82, 2.24) is 15.6 Å². The predicted octanol–water partition coefficient (Wildman–Crippen LogP) is 11.7. The lowest BCUT2D eigenvalue weighted by atomic mass is 9.77. The molecule has 0 radical (unpaired) electrons. The highest BCUT2D eigenvalue weighted by Gasteiger charge is 2.40. The third-order valence-electron chi connectivity index (χ3n) is 13.9. The van der Waals surface area contributed by atoms with Crippen LogP contribution in [0.2, 0.25) is 18.1 Å². The second kappa shape index (κ2) is 24.5. The Labute approximate surface area is 421 Å². The van der Waals surface area contributed by atoms with Crippen molar-refractivity contribution in [2.45, 2.75) is 161 Å². The second-order valence-corrected chi connectivity index (χ2v) is 26.5. The summed E-state index contributed by atoms with van der Waals surface area (Å²) in [5.41, 5.74) is 13.5. The van der Waals surface area contributed by atoms with Crippen LogP contribution in [0.25, 0.3) is 22.0 Å². The Kier molecular flexibility index (Phi) is 18.9. The molecule has 1 aliphatic carbocycles. The molecule has 0 saturated heterocycles. The maximum absolute atomic E-state index is 13.3. The van der Waals surface area contributed by atoms with Gasteiger partial charge in [-0.05, 0) is 148 Å². The first kappa shape index (κ1) is 54.5. The smallest absolute Gasteiger partial charge is 0.412 e. The molecule has 71 heavy (non-hydrogen) atoms. The van der Waals surface area contributed by atoms with Crippen LogP contribution in [0.15, 0.2) is 95.8 Å². The van der Waals surface area contributed by atoms with Crippen molar-refractivity contribution < 1.29 is 28.7 Å². The number of aromatic hydroxyl groups is 1. The Balaban J connectivity index is 0.943. The summed E-state index contributed by atoms with van der Waals surface area (Å²) >= 11 is 0. The third kappa shape index (κ3) is 15.8. The van der Waals surface area contributed by atoms with Gasteiger partial charge in [0.1, 0.15) is 11.4 Å². The summed E-state index contributed by atoms with van der Waals surface area (Å²) in [7, 11) is -2.22. The van der Waals surface area contributed by atoms with Crippen molar-refractivity contribution in [2.75, 3.05) is 23.7 Å². The number of anilines is 2. The molecule has 4 aromatic carbocycles. The van der Waals surface area contributed by atoms with E-state index in [1.165, 1.54) is 6.07 Å². The van der Waals surface area contributed by atoms with Crippen molar-refractivity contribution in [3.63, 3.8) is 0 Å². The minimum Gasteiger partial charge on any atom is -0.506 e. The number of rotatable bonds is 21. The van der Waals surface area contributed by atoms with Gasteiger partial charge in [-0.1, -0.05) is 87.9 Å². The van der Waals surface area contributed by atoms with Crippen LogP contribution in [0, 0.1) is 0 Å². The Morgan fingerprint density at radius 2 is 1.51 bits per heavy atom. The van der Waals surface area contributed by atoms with E-state index in [4.69, 9.17) is 14.9 Å². The second-order valence-electron chi connectivity index (χ2n) is 21.7. The van der Waals surface area contributed by atoms with E-state index in [-0.39, 0.29) is 46.2 Å². The number of amides is 3. The molecular formula is C57H78N6O7Si. The highest BCUT2D eigenvalue weighted by atomic mass is 28.4. The molecule has 0 bridgehead atoms. The Morgan fingerprint density at radius 1 is 0.803 bits per heavy atom. The first-order valence-corrected chi connectivity index (χ1v) is 28.4. The zero-order valence-electron chi connectivity index (χ0n) is 43.3. The first-order chi connectivity index (χ1) is 33.7. The zero-order valence-corrected chi connectivity index (χ0v) is 44.3. The minimum atomic E-state index is -2.22. The van der Waals surface area contributed by atoms with E-state index in [1.807, 2.05) is 69.3 Å². The number of hydrogen-bond donors (Lipinski definition) is 7. The summed E-state index contributed by atoms with van der Waals surface area (Å²) in [5.74, 6) is 0.189. The number of H-pyrrole nitrogens is 1. The fourth-order valence-electron chi connectivity index (χ4n) is 9.06. The number of pyridine rings is 1. The number of carbonyl (C=O) groups excluding carboxylic acids is 3. The van der Waals surface area contributed by atoms with Gasteiger partial charge in [-0.3, -0.25) is 19.7 Å². The Morgan fingerprint density at radius 3 is 2.20 bits per heavy atom. The SMILES string of the molecule is CC(C)(C)OC(=O)Nc1c(-c2ccccc2)ccc(CCCC(=O)NCCCCCC(=O)Nc2ccc(CNC[C@H](O[Si](C)(C)C(C)(C)C)c3ccc(O)c4[nH]c(=O)ccc34)cc2)c1C1CCC(N)CC1. The van der Waals surface area contributed by atoms with Crippen LogP contribution in [0.4, 0.5) is 16.2 Å². The number of phenols is 1. The summed E-state index contributed by atoms with van der Waals surface area (Å²) in [6.45, 7) is 18.2. The van der Waals surface area contributed by atoms with Gasteiger partial charge in [-0.25, -0.2) is 4.79 Å². The fraction of sp³-hybridized carbons (Fsp3) is 0.474. The average molecular weight is 987 g/mol. The molecular weight excluding hydrogens is 909 g/mol. The van der Waals surface area contributed by atoms with E-state index in [1.54, 1.807) is 12.1 Å². The molecule has 0 unspecified atom stereocenters. The lowest BCUT2D eigenvalue weighted by molar-refractivity contribution is -0.121. The van der Waals surface area contributed by atoms with Gasteiger partial charge in [0.05, 0.1) is 17.3 Å². The predicted molar refractivity (Wildman–Crippen MR) is 289 cm³/mol. The number of hydrogen-bond acceptors (Lipinski definition) is 9. The number of fused-ring (bicyclic) bond motifs is 1. The number of aromatic amines is 1. The third-order valence-corrected chi connectivity index (χ3v) is 18.4. The summed E-state index contributed by atoms with van der Waals surface area (Å²) in [4.78, 5) is 54.1. The standard InChI is InChI=1S/C57H78N6O7Si/c1-56(2,3)69-55(68)63-54-44(39-16-11-9-12-17-39)30-25-40(52(54)41-23-26-42(58)27-24-41)18-15-20-49(65)60-35-14-10-13-19-50(66)61-43-28-21-38(22-29-43)36-59-37-48(70-71(7,8)57(4,5)6)45-31-33-47(64)53-46(45)32-34-51(67)62-53/h9,11-12,16-17,21-22,25,28-34,41-42,48,59,64H,10,13-15,18-20,23-24,26-27,35-37,58H2,1-8H3,(H,60,65)(H,61,66)(H,62,67)(H,63,68)/t41?,42?,48-/m0/s1. The highest BCUT2D eigenvalue weighted by molar-refractivity contribution is 6.74. The molecule has 6 rings (SSSR count). The Bertz CT molecular complexity index is 2630. The minimum absolute atomic E-state index is 0.00322. The number of benzene rings is 4. The summed E-state index contributed by atoms with van der Waals surface area (Å²) < 4.78 is 12.7. The molecule has 3 amide bonds. The van der Waals surface area contributed by atoms with Crippen LogP contribution in [-0.2, 0) is 31.7 Å². The van der Waals surface area contributed by atoms with Gasteiger partial charge in [-0.15, -0.1) is 0 Å². The van der Waals surface area contributed by atoms with E-state index >= 15 is 0 Å². The van der Waals surface area contributed by atoms with Crippen molar-refractivity contribution in [2.24, 2.45) is 5.73 Å². The number of ether oxygens (including phenoxy) is 1. The van der Waals surface area contributed by atoms with Gasteiger partial charge in [0.25, 0.3) is 0 Å². The highest BCUT2D eigenvalue weighted by Crippen LogP contribution is 2.44. The van der Waals surface area contributed by atoms with Gasteiger partial charge in [0, 0.05) is 61.2 Å². The van der Waals surface area contributed by atoms with Crippen molar-refractivity contribution in [3.8, 4) is 16.9 Å². The van der Waals surface area contributed by atoms with Crippen LogP contribution >= 0.6 is 0 Å². The molecule has 13 nitrogen and oxygen atoms in total. The Hall–Kier alpha value is -5.80. The molecule has 1 fully saturated rings. The van der Waals surface area contributed by atoms with Crippen LogP contribution in [-0.4, -0.2) is 61.0 Å². The molecule has 1 heterocycles. The van der Waals surface area contributed by atoms with Crippen molar-refractivity contribution in [3.05, 3.63) is 124 Å². The quantitative estimate of drug-likeness (QED) is 0.0276. The lowest BCUT2D eigenvalue weighted by Gasteiger charge is -2.39. The molecule has 1 aliphatic rings. The van der Waals surface area contributed by atoms with E-state index in [0.717, 1.165) is 88.7 Å². The largest absolute Gasteiger partial charge is 0.506 e. The van der Waals surface area contributed by atoms with Gasteiger partial charge in [0.2, 0.25) is 17.4 Å². The molecule has 0 spiro atoms. The maximum atomic E-state index is 13.3. The fourth-order valence-corrected chi connectivity index (χ4v) is 10.3. The molecule has 0 aliphatic heterocycles. The van der Waals surface area contributed by atoms with Gasteiger partial charge < -0.3 is 40.9 Å². The van der Waals surface area contributed by atoms with Gasteiger partial charge in [-0.2, -0.15) is 0 Å². The molecule has 1 aromatic heterocycles.